The van der Waals surface area contributed by atoms with E-state index < -0.39 is 0 Å². The van der Waals surface area contributed by atoms with Crippen molar-refractivity contribution in [3.63, 3.8) is 0 Å². The van der Waals surface area contributed by atoms with Crippen LogP contribution < -0.4 is 0 Å². The molecular weight excluding hydrogens is 184 g/mol. The molecule has 0 N–H and O–H groups in total. The monoisotopic (exact) mass is 196 g/mol. The summed E-state index contributed by atoms with van der Waals surface area (Å²) in [7, 11) is 0. The van der Waals surface area contributed by atoms with Gasteiger partial charge in [0, 0.05) is 17.9 Å². The molecular formula is C11H13ClO. The van der Waals surface area contributed by atoms with Gasteiger partial charge in [0.2, 0.25) is 0 Å². The van der Waals surface area contributed by atoms with Gasteiger partial charge >= 0.3 is 0 Å². The van der Waals surface area contributed by atoms with E-state index in [1.165, 1.54) is 0 Å². The fraction of sp³-hybridized carbons (Fsp3) is 0.364. The quantitative estimate of drug-likeness (QED) is 0.726. The number of ketones is 1. The van der Waals surface area contributed by atoms with Gasteiger partial charge in [-0.3, -0.25) is 4.79 Å². The van der Waals surface area contributed by atoms with Crippen LogP contribution in [0.5, 0.6) is 0 Å². The molecule has 13 heavy (non-hydrogen) atoms. The van der Waals surface area contributed by atoms with Gasteiger partial charge in [0.25, 0.3) is 0 Å². The molecule has 0 heterocycles. The molecule has 0 radical (unpaired) electrons. The van der Waals surface area contributed by atoms with Crippen LogP contribution in [0.15, 0.2) is 18.2 Å². The first-order valence-electron chi connectivity index (χ1n) is 4.40. The molecule has 2 heteroatoms. The number of aryl methyl sites for hydroxylation is 1. The maximum Gasteiger partial charge on any atom is 0.137 e. The van der Waals surface area contributed by atoms with E-state index in [0.29, 0.717) is 17.9 Å². The molecule has 0 unspecified atom stereocenters. The molecule has 0 amide bonds. The number of benzene rings is 1. The summed E-state index contributed by atoms with van der Waals surface area (Å²) in [5.41, 5.74) is 2.05. The van der Waals surface area contributed by atoms with Gasteiger partial charge < -0.3 is 0 Å². The van der Waals surface area contributed by atoms with Crippen molar-refractivity contribution >= 4 is 17.4 Å². The van der Waals surface area contributed by atoms with E-state index in [4.69, 9.17) is 11.6 Å². The van der Waals surface area contributed by atoms with Crippen molar-refractivity contribution in [3.8, 4) is 0 Å². The van der Waals surface area contributed by atoms with Crippen LogP contribution in [0, 0.1) is 6.92 Å². The highest BCUT2D eigenvalue weighted by Crippen LogP contribution is 2.18. The lowest BCUT2D eigenvalue weighted by Gasteiger charge is -2.03. The molecule has 0 bridgehead atoms. The van der Waals surface area contributed by atoms with Crippen LogP contribution in [0.25, 0.3) is 0 Å². The first-order valence-corrected chi connectivity index (χ1v) is 4.78. The van der Waals surface area contributed by atoms with Crippen LogP contribution in [0.2, 0.25) is 5.02 Å². The first-order chi connectivity index (χ1) is 6.13. The van der Waals surface area contributed by atoms with E-state index in [1.54, 1.807) is 0 Å². The summed E-state index contributed by atoms with van der Waals surface area (Å²) in [5, 5.41) is 0.696. The van der Waals surface area contributed by atoms with Crippen LogP contribution >= 0.6 is 11.6 Å². The first kappa shape index (κ1) is 10.3. The lowest BCUT2D eigenvalue weighted by molar-refractivity contribution is -0.118. The molecule has 0 aliphatic rings. The summed E-state index contributed by atoms with van der Waals surface area (Å²) in [6.07, 6.45) is 1.03. The van der Waals surface area contributed by atoms with Gasteiger partial charge in [-0.15, -0.1) is 0 Å². The second kappa shape index (κ2) is 4.43. The van der Waals surface area contributed by atoms with Gasteiger partial charge in [-0.2, -0.15) is 0 Å². The molecule has 0 spiro atoms. The smallest absolute Gasteiger partial charge is 0.137 e. The summed E-state index contributed by atoms with van der Waals surface area (Å²) in [6, 6.07) is 5.79. The van der Waals surface area contributed by atoms with Crippen molar-refractivity contribution in [1.82, 2.24) is 0 Å². The molecule has 0 aliphatic carbocycles. The van der Waals surface area contributed by atoms with Crippen molar-refractivity contribution < 1.29 is 4.79 Å². The Balaban J connectivity index is 2.83. The van der Waals surface area contributed by atoms with Crippen molar-refractivity contribution in [2.24, 2.45) is 0 Å². The molecule has 70 valence electrons. The number of hydrogen-bond donors (Lipinski definition) is 0. The van der Waals surface area contributed by atoms with Crippen LogP contribution in [-0.2, 0) is 11.2 Å². The molecule has 0 fully saturated rings. The highest BCUT2D eigenvalue weighted by molar-refractivity contribution is 6.31. The topological polar surface area (TPSA) is 17.1 Å². The minimum atomic E-state index is 0.228. The molecule has 0 atom stereocenters. The zero-order chi connectivity index (χ0) is 9.84. The summed E-state index contributed by atoms with van der Waals surface area (Å²) in [6.45, 7) is 3.85. The Hall–Kier alpha value is -0.820. The third kappa shape index (κ3) is 2.85. The lowest BCUT2D eigenvalue weighted by Crippen LogP contribution is -2.00. The molecule has 0 aromatic heterocycles. The number of halogens is 1. The van der Waals surface area contributed by atoms with Crippen molar-refractivity contribution in [3.05, 3.63) is 34.3 Å². The fourth-order valence-corrected chi connectivity index (χ4v) is 1.44. The van der Waals surface area contributed by atoms with E-state index in [2.05, 4.69) is 0 Å². The minimum absolute atomic E-state index is 0.228. The highest BCUT2D eigenvalue weighted by atomic mass is 35.5. The normalized spacial score (nSPS) is 10.1. The Bertz CT molecular complexity index is 318. The molecule has 1 nitrogen and oxygen atoms in total. The van der Waals surface area contributed by atoms with Gasteiger partial charge in [0.1, 0.15) is 5.78 Å². The van der Waals surface area contributed by atoms with Gasteiger partial charge in [-0.1, -0.05) is 30.7 Å². The molecule has 1 rings (SSSR count). The van der Waals surface area contributed by atoms with Gasteiger partial charge in [-0.05, 0) is 24.1 Å². The molecule has 1 aromatic carbocycles. The predicted octanol–water partition coefficient (Wildman–Crippen LogP) is 3.17. The van der Waals surface area contributed by atoms with Gasteiger partial charge in [-0.25, -0.2) is 0 Å². The standard InChI is InChI=1S/C11H13ClO/c1-3-10(13)7-9-5-4-8(2)6-11(9)12/h4-6H,3,7H2,1-2H3. The van der Waals surface area contributed by atoms with Crippen LogP contribution in [-0.4, -0.2) is 5.78 Å². The largest absolute Gasteiger partial charge is 0.299 e. The van der Waals surface area contributed by atoms with Crippen LogP contribution in [0.3, 0.4) is 0 Å². The third-order valence-corrected chi connectivity index (χ3v) is 2.34. The predicted molar refractivity (Wildman–Crippen MR) is 55.2 cm³/mol. The third-order valence-electron chi connectivity index (χ3n) is 1.99. The molecule has 1 aromatic rings. The number of rotatable bonds is 3. The summed E-state index contributed by atoms with van der Waals surface area (Å²) in [4.78, 5) is 11.2. The Morgan fingerprint density at radius 1 is 1.46 bits per heavy atom. The molecule has 0 saturated carbocycles. The average molecular weight is 197 g/mol. The maximum atomic E-state index is 11.2. The van der Waals surface area contributed by atoms with Crippen LogP contribution in [0.4, 0.5) is 0 Å². The summed E-state index contributed by atoms with van der Waals surface area (Å²) in [5.74, 6) is 0.228. The number of Topliss-reactive ketones (excluding diaryl/α,β-unsaturated/α-hetero) is 1. The molecule has 0 saturated heterocycles. The SMILES string of the molecule is CCC(=O)Cc1ccc(C)cc1Cl. The van der Waals surface area contributed by atoms with Gasteiger partial charge in [0.05, 0.1) is 0 Å². The summed E-state index contributed by atoms with van der Waals surface area (Å²) >= 11 is 5.98. The maximum absolute atomic E-state index is 11.2. The number of carbonyl (C=O) groups is 1. The average Bonchev–Trinajstić information content (AvgIpc) is 2.09. The van der Waals surface area contributed by atoms with E-state index in [0.717, 1.165) is 11.1 Å². The van der Waals surface area contributed by atoms with E-state index in [-0.39, 0.29) is 5.78 Å². The Morgan fingerprint density at radius 3 is 2.69 bits per heavy atom. The zero-order valence-corrected chi connectivity index (χ0v) is 8.69. The fourth-order valence-electron chi connectivity index (χ4n) is 1.13. The van der Waals surface area contributed by atoms with Crippen molar-refractivity contribution in [2.45, 2.75) is 26.7 Å². The summed E-state index contributed by atoms with van der Waals surface area (Å²) < 4.78 is 0. The zero-order valence-electron chi connectivity index (χ0n) is 7.93. The second-order valence-electron chi connectivity index (χ2n) is 3.16. The Labute approximate surface area is 83.7 Å². The van der Waals surface area contributed by atoms with Crippen molar-refractivity contribution in [2.75, 3.05) is 0 Å². The van der Waals surface area contributed by atoms with Gasteiger partial charge in [0.15, 0.2) is 0 Å². The highest BCUT2D eigenvalue weighted by Gasteiger charge is 2.04. The van der Waals surface area contributed by atoms with E-state index in [9.17, 15) is 4.79 Å². The van der Waals surface area contributed by atoms with Crippen molar-refractivity contribution in [1.29, 1.82) is 0 Å². The number of hydrogen-bond acceptors (Lipinski definition) is 1. The minimum Gasteiger partial charge on any atom is -0.299 e. The molecule has 0 aliphatic heterocycles. The Morgan fingerprint density at radius 2 is 2.15 bits per heavy atom. The number of carbonyl (C=O) groups excluding carboxylic acids is 1. The second-order valence-corrected chi connectivity index (χ2v) is 3.57. The van der Waals surface area contributed by atoms with E-state index >= 15 is 0 Å². The Kier molecular flexibility index (Phi) is 3.49. The van der Waals surface area contributed by atoms with Crippen LogP contribution in [0.1, 0.15) is 24.5 Å². The van der Waals surface area contributed by atoms with E-state index in [1.807, 2.05) is 32.0 Å². The lowest BCUT2D eigenvalue weighted by atomic mass is 10.1.